The second-order valence-corrected chi connectivity index (χ2v) is 5.80. The molecule has 0 spiro atoms. The zero-order chi connectivity index (χ0) is 15.1. The van der Waals surface area contributed by atoms with Crippen molar-refractivity contribution < 1.29 is 4.39 Å². The monoisotopic (exact) mass is 300 g/mol. The van der Waals surface area contributed by atoms with Gasteiger partial charge in [0.25, 0.3) is 0 Å². The maximum atomic E-state index is 13.6. The van der Waals surface area contributed by atoms with Gasteiger partial charge in [-0.25, -0.2) is 4.39 Å². The smallest absolute Gasteiger partial charge is 0.136 e. The molecule has 21 heavy (non-hydrogen) atoms. The number of rotatable bonds is 6. The fourth-order valence-corrected chi connectivity index (χ4v) is 3.20. The highest BCUT2D eigenvalue weighted by Crippen LogP contribution is 2.29. The molecule has 0 aromatic heterocycles. The maximum Gasteiger partial charge on any atom is 0.136 e. The molecule has 2 aromatic carbocycles. The number of hydrogen-bond donors (Lipinski definition) is 1. The zero-order valence-electron chi connectivity index (χ0n) is 11.8. The first kappa shape index (κ1) is 15.6. The lowest BCUT2D eigenvalue weighted by molar-refractivity contribution is 0.456. The average Bonchev–Trinajstić information content (AvgIpc) is 2.54. The van der Waals surface area contributed by atoms with E-state index in [-0.39, 0.29) is 5.82 Å². The van der Waals surface area contributed by atoms with Crippen LogP contribution in [0.4, 0.5) is 4.39 Å². The SMILES string of the molecule is CNC(C#N)(CCSc1ccccc1F)c1ccccc1. The van der Waals surface area contributed by atoms with Crippen LogP contribution in [-0.2, 0) is 5.54 Å². The Bertz CT molecular complexity index is 624. The summed E-state index contributed by atoms with van der Waals surface area (Å²) in [5.74, 6) is 0.443. The van der Waals surface area contributed by atoms with Crippen molar-refractivity contribution in [3.8, 4) is 6.07 Å². The molecule has 0 heterocycles. The van der Waals surface area contributed by atoms with Gasteiger partial charge >= 0.3 is 0 Å². The van der Waals surface area contributed by atoms with Crippen molar-refractivity contribution in [1.82, 2.24) is 5.32 Å². The van der Waals surface area contributed by atoms with E-state index in [9.17, 15) is 9.65 Å². The van der Waals surface area contributed by atoms with Crippen LogP contribution >= 0.6 is 11.8 Å². The molecule has 1 atom stereocenters. The van der Waals surface area contributed by atoms with E-state index in [1.54, 1.807) is 19.2 Å². The number of halogens is 1. The van der Waals surface area contributed by atoms with E-state index < -0.39 is 5.54 Å². The van der Waals surface area contributed by atoms with Gasteiger partial charge in [-0.3, -0.25) is 5.32 Å². The minimum absolute atomic E-state index is 0.214. The quantitative estimate of drug-likeness (QED) is 0.821. The summed E-state index contributed by atoms with van der Waals surface area (Å²) in [7, 11) is 1.78. The van der Waals surface area contributed by atoms with E-state index in [0.29, 0.717) is 17.1 Å². The molecule has 4 heteroatoms. The van der Waals surface area contributed by atoms with Crippen LogP contribution in [0, 0.1) is 17.1 Å². The number of thioether (sulfide) groups is 1. The number of nitriles is 1. The third-order valence-corrected chi connectivity index (χ3v) is 4.51. The molecule has 0 aliphatic rings. The Labute approximate surface area is 129 Å². The van der Waals surface area contributed by atoms with Crippen LogP contribution < -0.4 is 5.32 Å². The van der Waals surface area contributed by atoms with Crippen molar-refractivity contribution in [1.29, 1.82) is 5.26 Å². The van der Waals surface area contributed by atoms with E-state index >= 15 is 0 Å². The highest BCUT2D eigenvalue weighted by Gasteiger charge is 2.29. The van der Waals surface area contributed by atoms with Gasteiger partial charge in [-0.1, -0.05) is 42.5 Å². The normalized spacial score (nSPS) is 13.4. The van der Waals surface area contributed by atoms with E-state index in [2.05, 4.69) is 11.4 Å². The molecule has 0 radical (unpaired) electrons. The Kier molecular flexibility index (Phi) is 5.38. The zero-order valence-corrected chi connectivity index (χ0v) is 12.7. The summed E-state index contributed by atoms with van der Waals surface area (Å²) in [6, 6.07) is 18.7. The van der Waals surface area contributed by atoms with Crippen molar-refractivity contribution >= 4 is 11.8 Å². The highest BCUT2D eigenvalue weighted by molar-refractivity contribution is 7.99. The molecule has 0 saturated carbocycles. The highest BCUT2D eigenvalue weighted by atomic mass is 32.2. The van der Waals surface area contributed by atoms with Crippen molar-refractivity contribution in [2.45, 2.75) is 16.9 Å². The van der Waals surface area contributed by atoms with Gasteiger partial charge < -0.3 is 0 Å². The van der Waals surface area contributed by atoms with Gasteiger partial charge in [-0.15, -0.1) is 11.8 Å². The van der Waals surface area contributed by atoms with Gasteiger partial charge in [0.1, 0.15) is 11.4 Å². The van der Waals surface area contributed by atoms with Gasteiger partial charge in [0.15, 0.2) is 0 Å². The Morgan fingerprint density at radius 1 is 1.14 bits per heavy atom. The first-order chi connectivity index (χ1) is 10.2. The molecule has 2 rings (SSSR count). The molecular formula is C17H17FN2S. The maximum absolute atomic E-state index is 13.6. The minimum Gasteiger partial charge on any atom is -0.299 e. The van der Waals surface area contributed by atoms with E-state index in [1.807, 2.05) is 36.4 Å². The molecule has 0 amide bonds. The molecule has 0 aliphatic carbocycles. The van der Waals surface area contributed by atoms with Gasteiger partial charge in [-0.05, 0) is 31.2 Å². The van der Waals surface area contributed by atoms with Crippen LogP contribution in [0.3, 0.4) is 0 Å². The number of hydrogen-bond acceptors (Lipinski definition) is 3. The summed E-state index contributed by atoms with van der Waals surface area (Å²) < 4.78 is 13.6. The molecule has 1 unspecified atom stereocenters. The second kappa shape index (κ2) is 7.26. The number of benzene rings is 2. The third kappa shape index (κ3) is 3.63. The summed E-state index contributed by atoms with van der Waals surface area (Å²) in [5, 5.41) is 12.7. The lowest BCUT2D eigenvalue weighted by atomic mass is 9.89. The molecule has 0 fully saturated rings. The first-order valence-electron chi connectivity index (χ1n) is 6.75. The molecule has 0 aliphatic heterocycles. The van der Waals surface area contributed by atoms with E-state index in [1.165, 1.54) is 17.8 Å². The van der Waals surface area contributed by atoms with Crippen LogP contribution in [0.15, 0.2) is 59.5 Å². The Morgan fingerprint density at radius 2 is 1.81 bits per heavy atom. The summed E-state index contributed by atoms with van der Waals surface area (Å²) in [6.45, 7) is 0. The standard InChI is InChI=1S/C17H17FN2S/c1-20-17(13-19,14-7-3-2-4-8-14)11-12-21-16-10-6-5-9-15(16)18/h2-10,20H,11-12H2,1H3. The molecule has 0 saturated heterocycles. The van der Waals surface area contributed by atoms with Gasteiger partial charge in [-0.2, -0.15) is 5.26 Å². The Hall–Kier alpha value is -1.83. The molecule has 2 nitrogen and oxygen atoms in total. The van der Waals surface area contributed by atoms with Crippen LogP contribution in [0.25, 0.3) is 0 Å². The topological polar surface area (TPSA) is 35.8 Å². The predicted octanol–water partition coefficient (Wildman–Crippen LogP) is 3.95. The molecule has 2 aromatic rings. The molecule has 108 valence electrons. The lowest BCUT2D eigenvalue weighted by Gasteiger charge is -2.26. The predicted molar refractivity (Wildman–Crippen MR) is 84.5 cm³/mol. The van der Waals surface area contributed by atoms with Crippen LogP contribution in [0.5, 0.6) is 0 Å². The minimum atomic E-state index is -0.737. The van der Waals surface area contributed by atoms with Crippen LogP contribution in [-0.4, -0.2) is 12.8 Å². The molecule has 1 N–H and O–H groups in total. The summed E-state index contributed by atoms with van der Waals surface area (Å²) in [6.07, 6.45) is 0.600. The number of nitrogens with one attached hydrogen (secondary N) is 1. The van der Waals surface area contributed by atoms with Gasteiger partial charge in [0, 0.05) is 10.6 Å². The third-order valence-electron chi connectivity index (χ3n) is 3.46. The van der Waals surface area contributed by atoms with Gasteiger partial charge in [0.2, 0.25) is 0 Å². The Balaban J connectivity index is 2.08. The fraction of sp³-hybridized carbons (Fsp3) is 0.235. The lowest BCUT2D eigenvalue weighted by Crippen LogP contribution is -2.39. The largest absolute Gasteiger partial charge is 0.299 e. The first-order valence-corrected chi connectivity index (χ1v) is 7.73. The second-order valence-electron chi connectivity index (χ2n) is 4.66. The van der Waals surface area contributed by atoms with Crippen molar-refractivity contribution in [2.24, 2.45) is 0 Å². The summed E-state index contributed by atoms with van der Waals surface area (Å²) >= 11 is 1.43. The Morgan fingerprint density at radius 3 is 2.43 bits per heavy atom. The van der Waals surface area contributed by atoms with Crippen molar-refractivity contribution in [3.05, 3.63) is 66.0 Å². The van der Waals surface area contributed by atoms with Crippen LogP contribution in [0.2, 0.25) is 0 Å². The van der Waals surface area contributed by atoms with Crippen LogP contribution in [0.1, 0.15) is 12.0 Å². The fourth-order valence-electron chi connectivity index (χ4n) is 2.19. The summed E-state index contributed by atoms with van der Waals surface area (Å²) in [4.78, 5) is 0.619. The van der Waals surface area contributed by atoms with E-state index in [0.717, 1.165) is 5.56 Å². The van der Waals surface area contributed by atoms with E-state index in [4.69, 9.17) is 0 Å². The molecular weight excluding hydrogens is 283 g/mol. The average molecular weight is 300 g/mol. The molecule has 0 bridgehead atoms. The number of nitrogens with zero attached hydrogens (tertiary/aromatic N) is 1. The van der Waals surface area contributed by atoms with Crippen molar-refractivity contribution in [2.75, 3.05) is 12.8 Å². The van der Waals surface area contributed by atoms with Crippen molar-refractivity contribution in [3.63, 3.8) is 0 Å². The summed E-state index contributed by atoms with van der Waals surface area (Å²) in [5.41, 5.74) is 0.198. The van der Waals surface area contributed by atoms with Gasteiger partial charge in [0.05, 0.1) is 6.07 Å².